The molecule has 19 heavy (non-hydrogen) atoms. The molecule has 1 aromatic carbocycles. The Morgan fingerprint density at radius 1 is 1.47 bits per heavy atom. The SMILES string of the molecule is Cc1nc(NCc2ccc(F)cc2F)sc1C(=O)O. The number of carbonyl (C=O) groups is 1. The number of nitrogens with one attached hydrogen (secondary N) is 1. The van der Waals surface area contributed by atoms with Crippen LogP contribution in [0.15, 0.2) is 18.2 Å². The number of anilines is 1. The maximum Gasteiger partial charge on any atom is 0.347 e. The Bertz CT molecular complexity index is 628. The van der Waals surface area contributed by atoms with Crippen molar-refractivity contribution in [3.8, 4) is 0 Å². The molecule has 0 unspecified atom stereocenters. The number of hydrogen-bond donors (Lipinski definition) is 2. The predicted molar refractivity (Wildman–Crippen MR) is 67.5 cm³/mol. The van der Waals surface area contributed by atoms with Crippen LogP contribution in [0.5, 0.6) is 0 Å². The van der Waals surface area contributed by atoms with Crippen LogP contribution in [0.3, 0.4) is 0 Å². The van der Waals surface area contributed by atoms with Gasteiger partial charge in [-0.3, -0.25) is 0 Å². The van der Waals surface area contributed by atoms with Gasteiger partial charge in [-0.1, -0.05) is 17.4 Å². The Labute approximate surface area is 111 Å². The Morgan fingerprint density at radius 3 is 2.79 bits per heavy atom. The number of halogens is 2. The molecule has 100 valence electrons. The molecule has 0 aliphatic heterocycles. The Hall–Kier alpha value is -2.02. The smallest absolute Gasteiger partial charge is 0.347 e. The molecule has 0 bridgehead atoms. The summed E-state index contributed by atoms with van der Waals surface area (Å²) in [7, 11) is 0. The highest BCUT2D eigenvalue weighted by atomic mass is 32.1. The standard InChI is InChI=1S/C12H10F2N2O2S/c1-6-10(11(17)18)19-12(16-6)15-5-7-2-3-8(13)4-9(7)14/h2-4H,5H2,1H3,(H,15,16)(H,17,18). The minimum atomic E-state index is -1.05. The van der Waals surface area contributed by atoms with Crippen molar-refractivity contribution in [2.75, 3.05) is 5.32 Å². The van der Waals surface area contributed by atoms with Gasteiger partial charge in [-0.05, 0) is 13.0 Å². The molecule has 0 amide bonds. The fourth-order valence-corrected chi connectivity index (χ4v) is 2.31. The first-order valence-electron chi connectivity index (χ1n) is 5.36. The van der Waals surface area contributed by atoms with E-state index in [9.17, 15) is 13.6 Å². The van der Waals surface area contributed by atoms with Gasteiger partial charge in [0.25, 0.3) is 0 Å². The Kier molecular flexibility index (Phi) is 3.75. The summed E-state index contributed by atoms with van der Waals surface area (Å²) < 4.78 is 26.1. The number of aromatic nitrogens is 1. The third kappa shape index (κ3) is 3.05. The summed E-state index contributed by atoms with van der Waals surface area (Å²) in [5.74, 6) is -2.34. The third-order valence-electron chi connectivity index (χ3n) is 2.44. The highest BCUT2D eigenvalue weighted by Gasteiger charge is 2.14. The molecular formula is C12H10F2N2O2S. The van der Waals surface area contributed by atoms with E-state index in [1.165, 1.54) is 6.07 Å². The average molecular weight is 284 g/mol. The molecule has 0 fully saturated rings. The minimum absolute atomic E-state index is 0.109. The van der Waals surface area contributed by atoms with Crippen molar-refractivity contribution >= 4 is 22.4 Å². The molecule has 2 aromatic rings. The average Bonchev–Trinajstić information content (AvgIpc) is 2.69. The fourth-order valence-electron chi connectivity index (χ4n) is 1.51. The number of aryl methyl sites for hydroxylation is 1. The summed E-state index contributed by atoms with van der Waals surface area (Å²) in [6.07, 6.45) is 0. The Morgan fingerprint density at radius 2 is 2.21 bits per heavy atom. The number of benzene rings is 1. The van der Waals surface area contributed by atoms with Crippen LogP contribution < -0.4 is 5.32 Å². The van der Waals surface area contributed by atoms with Gasteiger partial charge in [-0.25, -0.2) is 18.6 Å². The number of rotatable bonds is 4. The molecule has 0 radical (unpaired) electrons. The van der Waals surface area contributed by atoms with Gasteiger partial charge in [0, 0.05) is 18.2 Å². The minimum Gasteiger partial charge on any atom is -0.477 e. The largest absolute Gasteiger partial charge is 0.477 e. The lowest BCUT2D eigenvalue weighted by Crippen LogP contribution is -2.01. The van der Waals surface area contributed by atoms with Crippen LogP contribution in [0.4, 0.5) is 13.9 Å². The second-order valence-electron chi connectivity index (χ2n) is 3.83. The topological polar surface area (TPSA) is 62.2 Å². The molecular weight excluding hydrogens is 274 g/mol. The third-order valence-corrected chi connectivity index (χ3v) is 3.54. The first-order valence-corrected chi connectivity index (χ1v) is 6.17. The lowest BCUT2D eigenvalue weighted by atomic mass is 10.2. The summed E-state index contributed by atoms with van der Waals surface area (Å²) in [5.41, 5.74) is 0.686. The number of carboxylic acid groups (broad SMARTS) is 1. The molecule has 7 heteroatoms. The molecule has 0 aliphatic rings. The van der Waals surface area contributed by atoms with E-state index in [-0.39, 0.29) is 17.0 Å². The van der Waals surface area contributed by atoms with E-state index in [0.29, 0.717) is 10.8 Å². The lowest BCUT2D eigenvalue weighted by molar-refractivity contribution is 0.0701. The number of thiazole rings is 1. The number of aromatic carboxylic acids is 1. The van der Waals surface area contributed by atoms with Gasteiger partial charge in [0.2, 0.25) is 0 Å². The molecule has 4 nitrogen and oxygen atoms in total. The zero-order valence-electron chi connectivity index (χ0n) is 9.91. The molecule has 1 aromatic heterocycles. The van der Waals surface area contributed by atoms with Crippen LogP contribution in [0.25, 0.3) is 0 Å². The summed E-state index contributed by atoms with van der Waals surface area (Å²) in [4.78, 5) is 15.0. The first-order chi connectivity index (χ1) is 8.97. The van der Waals surface area contributed by atoms with Crippen LogP contribution in [-0.2, 0) is 6.54 Å². The highest BCUT2D eigenvalue weighted by Crippen LogP contribution is 2.23. The van der Waals surface area contributed by atoms with Crippen molar-refractivity contribution in [1.29, 1.82) is 0 Å². The first kappa shape index (κ1) is 13.4. The highest BCUT2D eigenvalue weighted by molar-refractivity contribution is 7.17. The van der Waals surface area contributed by atoms with Crippen molar-refractivity contribution in [2.24, 2.45) is 0 Å². The second kappa shape index (κ2) is 5.31. The van der Waals surface area contributed by atoms with E-state index in [0.717, 1.165) is 23.5 Å². The van der Waals surface area contributed by atoms with E-state index in [2.05, 4.69) is 10.3 Å². The van der Waals surface area contributed by atoms with Crippen LogP contribution in [0, 0.1) is 18.6 Å². The molecule has 0 saturated heterocycles. The van der Waals surface area contributed by atoms with Crippen molar-refractivity contribution in [3.63, 3.8) is 0 Å². The van der Waals surface area contributed by atoms with Crippen molar-refractivity contribution < 1.29 is 18.7 Å². The zero-order chi connectivity index (χ0) is 14.0. The van der Waals surface area contributed by atoms with Crippen LogP contribution in [0.2, 0.25) is 0 Å². The Balaban J connectivity index is 2.10. The monoisotopic (exact) mass is 284 g/mol. The second-order valence-corrected chi connectivity index (χ2v) is 4.83. The molecule has 0 saturated carbocycles. The van der Waals surface area contributed by atoms with E-state index >= 15 is 0 Å². The number of nitrogens with zero attached hydrogens (tertiary/aromatic N) is 1. The van der Waals surface area contributed by atoms with E-state index in [1.807, 2.05) is 0 Å². The van der Waals surface area contributed by atoms with E-state index < -0.39 is 17.6 Å². The predicted octanol–water partition coefficient (Wildman–Crippen LogP) is 3.04. The maximum atomic E-state index is 13.4. The van der Waals surface area contributed by atoms with Gasteiger partial charge in [0.15, 0.2) is 5.13 Å². The van der Waals surface area contributed by atoms with Crippen molar-refractivity contribution in [1.82, 2.24) is 4.98 Å². The molecule has 2 N–H and O–H groups in total. The summed E-state index contributed by atoms with van der Waals surface area (Å²) in [5, 5.41) is 12.1. The van der Waals surface area contributed by atoms with Gasteiger partial charge < -0.3 is 10.4 Å². The number of carboxylic acids is 1. The molecule has 0 aliphatic carbocycles. The maximum absolute atomic E-state index is 13.4. The molecule has 1 heterocycles. The van der Waals surface area contributed by atoms with Gasteiger partial charge in [0.05, 0.1) is 5.69 Å². The van der Waals surface area contributed by atoms with Crippen molar-refractivity contribution in [2.45, 2.75) is 13.5 Å². The zero-order valence-corrected chi connectivity index (χ0v) is 10.7. The lowest BCUT2D eigenvalue weighted by Gasteiger charge is -2.04. The van der Waals surface area contributed by atoms with Crippen LogP contribution >= 0.6 is 11.3 Å². The quantitative estimate of drug-likeness (QED) is 0.906. The van der Waals surface area contributed by atoms with E-state index in [4.69, 9.17) is 5.11 Å². The fraction of sp³-hybridized carbons (Fsp3) is 0.167. The molecule has 0 atom stereocenters. The molecule has 0 spiro atoms. The van der Waals surface area contributed by atoms with Crippen LogP contribution in [-0.4, -0.2) is 16.1 Å². The summed E-state index contributed by atoms with van der Waals surface area (Å²) in [6.45, 7) is 1.70. The van der Waals surface area contributed by atoms with Crippen LogP contribution in [0.1, 0.15) is 20.9 Å². The van der Waals surface area contributed by atoms with E-state index in [1.54, 1.807) is 6.92 Å². The van der Waals surface area contributed by atoms with Gasteiger partial charge in [-0.2, -0.15) is 0 Å². The summed E-state index contributed by atoms with van der Waals surface area (Å²) >= 11 is 0.978. The van der Waals surface area contributed by atoms with Gasteiger partial charge in [0.1, 0.15) is 16.5 Å². The van der Waals surface area contributed by atoms with Crippen molar-refractivity contribution in [3.05, 3.63) is 46.0 Å². The van der Waals surface area contributed by atoms with Gasteiger partial charge in [-0.15, -0.1) is 0 Å². The molecule has 2 rings (SSSR count). The summed E-state index contributed by atoms with van der Waals surface area (Å²) in [6, 6.07) is 3.29. The normalized spacial score (nSPS) is 10.5. The number of hydrogen-bond acceptors (Lipinski definition) is 4. The van der Waals surface area contributed by atoms with Gasteiger partial charge >= 0.3 is 5.97 Å².